The van der Waals surface area contributed by atoms with E-state index in [-0.39, 0.29) is 11.9 Å². The summed E-state index contributed by atoms with van der Waals surface area (Å²) in [7, 11) is 0. The van der Waals surface area contributed by atoms with E-state index in [1.54, 1.807) is 6.92 Å². The standard InChI is InChI=1S/C16H21N3O/c1-14(20)18-10-5-11-19(13-12-18)16(8-9-17)15-6-3-2-4-7-15/h2-4,6-7,16H,5,8,10-13H2,1H3. The topological polar surface area (TPSA) is 47.3 Å². The van der Waals surface area contributed by atoms with Crippen molar-refractivity contribution in [3.63, 3.8) is 0 Å². The number of carbonyl (C=O) groups excluding carboxylic acids is 1. The van der Waals surface area contributed by atoms with Crippen LogP contribution in [-0.4, -0.2) is 41.9 Å². The Morgan fingerprint density at radius 1 is 1.25 bits per heavy atom. The Bertz CT molecular complexity index is 480. The number of nitriles is 1. The molecule has 0 saturated carbocycles. The van der Waals surface area contributed by atoms with Gasteiger partial charge in [0.15, 0.2) is 0 Å². The zero-order chi connectivity index (χ0) is 14.4. The number of rotatable bonds is 3. The van der Waals surface area contributed by atoms with E-state index in [1.807, 2.05) is 23.1 Å². The van der Waals surface area contributed by atoms with Gasteiger partial charge in [0.2, 0.25) is 5.91 Å². The van der Waals surface area contributed by atoms with E-state index in [1.165, 1.54) is 5.56 Å². The first-order chi connectivity index (χ1) is 9.72. The number of hydrogen-bond acceptors (Lipinski definition) is 3. The fourth-order valence-corrected chi connectivity index (χ4v) is 2.78. The smallest absolute Gasteiger partial charge is 0.219 e. The van der Waals surface area contributed by atoms with Gasteiger partial charge in [0, 0.05) is 39.1 Å². The van der Waals surface area contributed by atoms with Crippen LogP contribution in [0.4, 0.5) is 0 Å². The summed E-state index contributed by atoms with van der Waals surface area (Å²) in [5.41, 5.74) is 1.19. The van der Waals surface area contributed by atoms with E-state index in [0.29, 0.717) is 6.42 Å². The van der Waals surface area contributed by atoms with Crippen molar-refractivity contribution < 1.29 is 4.79 Å². The highest BCUT2D eigenvalue weighted by Gasteiger charge is 2.23. The predicted molar refractivity (Wildman–Crippen MR) is 77.9 cm³/mol. The van der Waals surface area contributed by atoms with Gasteiger partial charge >= 0.3 is 0 Å². The fraction of sp³-hybridized carbons (Fsp3) is 0.500. The van der Waals surface area contributed by atoms with Crippen molar-refractivity contribution in [3.8, 4) is 6.07 Å². The minimum absolute atomic E-state index is 0.133. The second-order valence-corrected chi connectivity index (χ2v) is 5.18. The molecule has 1 aliphatic heterocycles. The zero-order valence-electron chi connectivity index (χ0n) is 12.0. The molecule has 1 heterocycles. The number of hydrogen-bond donors (Lipinski definition) is 0. The molecule has 4 heteroatoms. The molecule has 1 aromatic rings. The van der Waals surface area contributed by atoms with Crippen LogP contribution >= 0.6 is 0 Å². The first-order valence-electron chi connectivity index (χ1n) is 7.14. The summed E-state index contributed by atoms with van der Waals surface area (Å²) in [6.45, 7) is 4.97. The average molecular weight is 271 g/mol. The quantitative estimate of drug-likeness (QED) is 0.846. The van der Waals surface area contributed by atoms with Crippen LogP contribution < -0.4 is 0 Å². The number of nitrogens with zero attached hydrogens (tertiary/aromatic N) is 3. The SMILES string of the molecule is CC(=O)N1CCCN(C(CC#N)c2ccccc2)CC1. The molecular weight excluding hydrogens is 250 g/mol. The zero-order valence-corrected chi connectivity index (χ0v) is 12.0. The van der Waals surface area contributed by atoms with Crippen LogP contribution in [0.2, 0.25) is 0 Å². The van der Waals surface area contributed by atoms with Crippen molar-refractivity contribution in [2.45, 2.75) is 25.8 Å². The minimum atomic E-state index is 0.133. The highest BCUT2D eigenvalue weighted by atomic mass is 16.2. The third kappa shape index (κ3) is 3.58. The van der Waals surface area contributed by atoms with Crippen LogP contribution in [-0.2, 0) is 4.79 Å². The summed E-state index contributed by atoms with van der Waals surface area (Å²) in [5, 5.41) is 9.10. The van der Waals surface area contributed by atoms with Gasteiger partial charge < -0.3 is 4.90 Å². The van der Waals surface area contributed by atoms with Gasteiger partial charge in [-0.05, 0) is 12.0 Å². The molecule has 1 atom stereocenters. The molecule has 0 spiro atoms. The highest BCUT2D eigenvalue weighted by molar-refractivity contribution is 5.73. The maximum Gasteiger partial charge on any atom is 0.219 e. The molecule has 1 amide bonds. The molecular formula is C16H21N3O. The fourth-order valence-electron chi connectivity index (χ4n) is 2.78. The van der Waals surface area contributed by atoms with Gasteiger partial charge in [-0.3, -0.25) is 9.69 Å². The lowest BCUT2D eigenvalue weighted by Crippen LogP contribution is -2.35. The van der Waals surface area contributed by atoms with E-state index in [9.17, 15) is 4.79 Å². The Kier molecular flexibility index (Phi) is 5.14. The van der Waals surface area contributed by atoms with Gasteiger partial charge in [-0.1, -0.05) is 30.3 Å². The van der Waals surface area contributed by atoms with E-state index in [2.05, 4.69) is 23.1 Å². The first-order valence-corrected chi connectivity index (χ1v) is 7.14. The second-order valence-electron chi connectivity index (χ2n) is 5.18. The Hall–Kier alpha value is -1.86. The van der Waals surface area contributed by atoms with Crippen molar-refractivity contribution in [1.29, 1.82) is 5.26 Å². The highest BCUT2D eigenvalue weighted by Crippen LogP contribution is 2.25. The number of amides is 1. The normalized spacial score (nSPS) is 18.1. The van der Waals surface area contributed by atoms with Gasteiger partial charge in [-0.15, -0.1) is 0 Å². The summed E-state index contributed by atoms with van der Waals surface area (Å²) in [6.07, 6.45) is 1.46. The number of carbonyl (C=O) groups is 1. The van der Waals surface area contributed by atoms with Gasteiger partial charge in [0.25, 0.3) is 0 Å². The maximum absolute atomic E-state index is 11.5. The molecule has 2 rings (SSSR count). The molecule has 0 radical (unpaired) electrons. The Balaban J connectivity index is 2.10. The van der Waals surface area contributed by atoms with Crippen LogP contribution in [0.1, 0.15) is 31.4 Å². The predicted octanol–water partition coefficient (Wildman–Crippen LogP) is 2.20. The molecule has 0 bridgehead atoms. The average Bonchev–Trinajstić information content (AvgIpc) is 2.71. The monoisotopic (exact) mass is 271 g/mol. The van der Waals surface area contributed by atoms with Crippen molar-refractivity contribution in [2.75, 3.05) is 26.2 Å². The van der Waals surface area contributed by atoms with Gasteiger partial charge in [-0.2, -0.15) is 5.26 Å². The molecule has 106 valence electrons. The van der Waals surface area contributed by atoms with Crippen molar-refractivity contribution in [3.05, 3.63) is 35.9 Å². The largest absolute Gasteiger partial charge is 0.342 e. The molecule has 1 aromatic carbocycles. The molecule has 0 aliphatic carbocycles. The van der Waals surface area contributed by atoms with E-state index < -0.39 is 0 Å². The van der Waals surface area contributed by atoms with Gasteiger partial charge in [0.1, 0.15) is 0 Å². The van der Waals surface area contributed by atoms with E-state index in [0.717, 1.165) is 32.6 Å². The summed E-state index contributed by atoms with van der Waals surface area (Å²) in [4.78, 5) is 15.7. The molecule has 1 saturated heterocycles. The van der Waals surface area contributed by atoms with Crippen LogP contribution in [0.25, 0.3) is 0 Å². The van der Waals surface area contributed by atoms with E-state index in [4.69, 9.17) is 5.26 Å². The maximum atomic E-state index is 11.5. The van der Waals surface area contributed by atoms with Crippen molar-refractivity contribution in [1.82, 2.24) is 9.80 Å². The molecule has 4 nitrogen and oxygen atoms in total. The molecule has 0 N–H and O–H groups in total. The summed E-state index contributed by atoms with van der Waals surface area (Å²) in [6, 6.07) is 12.6. The lowest BCUT2D eigenvalue weighted by molar-refractivity contribution is -0.128. The van der Waals surface area contributed by atoms with Gasteiger partial charge in [-0.25, -0.2) is 0 Å². The molecule has 1 fully saturated rings. The minimum Gasteiger partial charge on any atom is -0.342 e. The summed E-state index contributed by atoms with van der Waals surface area (Å²) in [5.74, 6) is 0.142. The Morgan fingerprint density at radius 2 is 2.00 bits per heavy atom. The third-order valence-electron chi connectivity index (χ3n) is 3.89. The second kappa shape index (κ2) is 7.06. The van der Waals surface area contributed by atoms with Crippen LogP contribution in [0.15, 0.2) is 30.3 Å². The lowest BCUT2D eigenvalue weighted by Gasteiger charge is -2.29. The third-order valence-corrected chi connectivity index (χ3v) is 3.89. The van der Waals surface area contributed by atoms with E-state index >= 15 is 0 Å². The molecule has 20 heavy (non-hydrogen) atoms. The molecule has 0 aromatic heterocycles. The lowest BCUT2D eigenvalue weighted by atomic mass is 10.0. The first kappa shape index (κ1) is 14.5. The number of benzene rings is 1. The summed E-state index contributed by atoms with van der Waals surface area (Å²) < 4.78 is 0. The van der Waals surface area contributed by atoms with Crippen molar-refractivity contribution in [2.24, 2.45) is 0 Å². The molecule has 1 unspecified atom stereocenters. The van der Waals surface area contributed by atoms with Crippen LogP contribution in [0.5, 0.6) is 0 Å². The Morgan fingerprint density at radius 3 is 2.65 bits per heavy atom. The van der Waals surface area contributed by atoms with Gasteiger partial charge in [0.05, 0.1) is 12.5 Å². The molecule has 1 aliphatic rings. The Labute approximate surface area is 120 Å². The van der Waals surface area contributed by atoms with Crippen LogP contribution in [0.3, 0.4) is 0 Å². The van der Waals surface area contributed by atoms with Crippen molar-refractivity contribution >= 4 is 5.91 Å². The summed E-state index contributed by atoms with van der Waals surface area (Å²) >= 11 is 0. The van der Waals surface area contributed by atoms with Crippen LogP contribution in [0, 0.1) is 11.3 Å².